The Hall–Kier alpha value is -0.0800. The number of hydrogen-bond donors (Lipinski definition) is 1. The van der Waals surface area contributed by atoms with Gasteiger partial charge in [0.2, 0.25) is 0 Å². The van der Waals surface area contributed by atoms with Gasteiger partial charge >= 0.3 is 0 Å². The van der Waals surface area contributed by atoms with Crippen LogP contribution in [0.4, 0.5) is 0 Å². The quantitative estimate of drug-likeness (QED) is 0.691. The minimum Gasteiger partial charge on any atom is -0.380 e. The Morgan fingerprint density at radius 1 is 1.50 bits per heavy atom. The van der Waals surface area contributed by atoms with E-state index in [2.05, 4.69) is 20.8 Å². The highest BCUT2D eigenvalue weighted by molar-refractivity contribution is 4.90. The van der Waals surface area contributed by atoms with Gasteiger partial charge in [0.05, 0.1) is 6.61 Å². The molecule has 0 radical (unpaired) electrons. The van der Waals surface area contributed by atoms with Crippen molar-refractivity contribution < 1.29 is 4.74 Å². The van der Waals surface area contributed by atoms with Gasteiger partial charge in [-0.15, -0.1) is 0 Å². The average molecular weight is 199 g/mol. The van der Waals surface area contributed by atoms with Crippen molar-refractivity contribution in [2.75, 3.05) is 13.2 Å². The first-order chi connectivity index (χ1) is 6.58. The Labute approximate surface area is 88.2 Å². The van der Waals surface area contributed by atoms with Gasteiger partial charge in [-0.2, -0.15) is 0 Å². The lowest BCUT2D eigenvalue weighted by Crippen LogP contribution is -2.40. The predicted octanol–water partition coefficient (Wildman–Crippen LogP) is 2.57. The summed E-state index contributed by atoms with van der Waals surface area (Å²) < 4.78 is 5.53. The third-order valence-electron chi connectivity index (χ3n) is 3.52. The normalized spacial score (nSPS) is 27.9. The molecule has 1 aliphatic carbocycles. The van der Waals surface area contributed by atoms with E-state index < -0.39 is 0 Å². The number of rotatable bonds is 5. The highest BCUT2D eigenvalue weighted by atomic mass is 16.5. The first-order valence-electron chi connectivity index (χ1n) is 5.91. The predicted molar refractivity (Wildman–Crippen MR) is 60.2 cm³/mol. The molecule has 0 bridgehead atoms. The van der Waals surface area contributed by atoms with Crippen molar-refractivity contribution in [3.63, 3.8) is 0 Å². The van der Waals surface area contributed by atoms with Crippen molar-refractivity contribution >= 4 is 0 Å². The average Bonchev–Trinajstić information content (AvgIpc) is 2.45. The molecular weight excluding hydrogens is 174 g/mol. The second-order valence-corrected chi connectivity index (χ2v) is 5.23. The van der Waals surface area contributed by atoms with E-state index in [0.29, 0.717) is 11.3 Å². The molecule has 2 heteroatoms. The third kappa shape index (κ3) is 2.96. The van der Waals surface area contributed by atoms with E-state index in [0.717, 1.165) is 19.6 Å². The van der Waals surface area contributed by atoms with E-state index in [1.54, 1.807) is 0 Å². The van der Waals surface area contributed by atoms with Gasteiger partial charge in [-0.05, 0) is 30.6 Å². The summed E-state index contributed by atoms with van der Waals surface area (Å²) in [5.41, 5.74) is 6.60. The lowest BCUT2D eigenvalue weighted by molar-refractivity contribution is 0.0846. The molecule has 0 spiro atoms. The van der Waals surface area contributed by atoms with Gasteiger partial charge in [-0.1, -0.05) is 27.2 Å². The van der Waals surface area contributed by atoms with Gasteiger partial charge in [-0.25, -0.2) is 0 Å². The molecule has 2 N–H and O–H groups in total. The van der Waals surface area contributed by atoms with Gasteiger partial charge in [-0.3, -0.25) is 0 Å². The molecule has 0 aromatic heterocycles. The van der Waals surface area contributed by atoms with Crippen LogP contribution in [-0.4, -0.2) is 19.3 Å². The molecule has 2 nitrogen and oxygen atoms in total. The first-order valence-corrected chi connectivity index (χ1v) is 5.91. The second-order valence-electron chi connectivity index (χ2n) is 5.23. The maximum absolute atomic E-state index is 6.17. The lowest BCUT2D eigenvalue weighted by atomic mass is 9.78. The van der Waals surface area contributed by atoms with Crippen molar-refractivity contribution in [2.24, 2.45) is 17.1 Å². The van der Waals surface area contributed by atoms with Gasteiger partial charge < -0.3 is 10.5 Å². The minimum absolute atomic E-state index is 0.235. The third-order valence-corrected chi connectivity index (χ3v) is 3.52. The summed E-state index contributed by atoms with van der Waals surface area (Å²) in [4.78, 5) is 0. The van der Waals surface area contributed by atoms with Crippen LogP contribution in [0.2, 0.25) is 0 Å². The van der Waals surface area contributed by atoms with Crippen molar-refractivity contribution in [2.45, 2.75) is 52.5 Å². The Morgan fingerprint density at radius 3 is 2.71 bits per heavy atom. The topological polar surface area (TPSA) is 35.2 Å². The van der Waals surface area contributed by atoms with Crippen molar-refractivity contribution in [1.29, 1.82) is 0 Å². The summed E-state index contributed by atoms with van der Waals surface area (Å²) >= 11 is 0. The highest BCUT2D eigenvalue weighted by Gasteiger charge is 2.37. The molecule has 84 valence electrons. The van der Waals surface area contributed by atoms with Crippen LogP contribution in [0.1, 0.15) is 46.5 Å². The molecule has 1 fully saturated rings. The number of hydrogen-bond acceptors (Lipinski definition) is 2. The zero-order chi connectivity index (χ0) is 10.6. The van der Waals surface area contributed by atoms with Crippen LogP contribution in [0.3, 0.4) is 0 Å². The second kappa shape index (κ2) is 5.13. The van der Waals surface area contributed by atoms with E-state index in [9.17, 15) is 0 Å². The molecular formula is C12H25NO. The monoisotopic (exact) mass is 199 g/mol. The van der Waals surface area contributed by atoms with E-state index in [1.807, 2.05) is 0 Å². The zero-order valence-electron chi connectivity index (χ0n) is 9.88. The molecule has 0 aromatic carbocycles. The Balaban J connectivity index is 2.32. The lowest BCUT2D eigenvalue weighted by Gasteiger charge is -2.31. The van der Waals surface area contributed by atoms with Crippen LogP contribution >= 0.6 is 0 Å². The van der Waals surface area contributed by atoms with E-state index in [1.165, 1.54) is 19.3 Å². The molecule has 1 saturated carbocycles. The summed E-state index contributed by atoms with van der Waals surface area (Å²) in [6.07, 6.45) is 5.02. The van der Waals surface area contributed by atoms with Crippen LogP contribution in [-0.2, 0) is 4.74 Å². The number of nitrogens with two attached hydrogens (primary N) is 1. The largest absolute Gasteiger partial charge is 0.380 e. The molecule has 0 aliphatic heterocycles. The molecule has 0 aromatic rings. The molecule has 0 amide bonds. The van der Waals surface area contributed by atoms with E-state index in [4.69, 9.17) is 10.5 Å². The van der Waals surface area contributed by atoms with Gasteiger partial charge in [0.1, 0.15) is 0 Å². The van der Waals surface area contributed by atoms with Crippen LogP contribution in [0.5, 0.6) is 0 Å². The summed E-state index contributed by atoms with van der Waals surface area (Å²) in [7, 11) is 0. The fourth-order valence-corrected chi connectivity index (χ4v) is 2.63. The van der Waals surface area contributed by atoms with Crippen molar-refractivity contribution in [1.82, 2.24) is 0 Å². The van der Waals surface area contributed by atoms with Crippen LogP contribution in [0.15, 0.2) is 0 Å². The van der Waals surface area contributed by atoms with Crippen LogP contribution in [0.25, 0.3) is 0 Å². The Morgan fingerprint density at radius 2 is 2.21 bits per heavy atom. The molecule has 0 saturated heterocycles. The number of ether oxygens (including phenoxy) is 1. The van der Waals surface area contributed by atoms with Crippen molar-refractivity contribution in [3.8, 4) is 0 Å². The fourth-order valence-electron chi connectivity index (χ4n) is 2.63. The summed E-state index contributed by atoms with van der Waals surface area (Å²) in [5, 5.41) is 0. The standard InChI is InChI=1S/C12H25NO/c1-4-8-14-9-11(13)10-6-5-7-12(10,2)3/h10-11H,4-9,13H2,1-3H3. The maximum atomic E-state index is 6.17. The molecule has 2 unspecified atom stereocenters. The van der Waals surface area contributed by atoms with Gasteiger partial charge in [0.25, 0.3) is 0 Å². The highest BCUT2D eigenvalue weighted by Crippen LogP contribution is 2.43. The van der Waals surface area contributed by atoms with Crippen LogP contribution < -0.4 is 5.73 Å². The van der Waals surface area contributed by atoms with Crippen LogP contribution in [0, 0.1) is 11.3 Å². The van der Waals surface area contributed by atoms with E-state index >= 15 is 0 Å². The van der Waals surface area contributed by atoms with E-state index in [-0.39, 0.29) is 6.04 Å². The molecule has 14 heavy (non-hydrogen) atoms. The van der Waals surface area contributed by atoms with Gasteiger partial charge in [0.15, 0.2) is 0 Å². The summed E-state index contributed by atoms with van der Waals surface area (Å²) in [6.45, 7) is 8.39. The Bertz CT molecular complexity index is 168. The smallest absolute Gasteiger partial charge is 0.0620 e. The fraction of sp³-hybridized carbons (Fsp3) is 1.00. The molecule has 1 rings (SSSR count). The SMILES string of the molecule is CCCOCC(N)C1CCCC1(C)C. The zero-order valence-corrected chi connectivity index (χ0v) is 9.88. The molecule has 1 aliphatic rings. The maximum Gasteiger partial charge on any atom is 0.0620 e. The summed E-state index contributed by atoms with van der Waals surface area (Å²) in [5.74, 6) is 0.652. The molecule has 0 heterocycles. The molecule has 2 atom stereocenters. The van der Waals surface area contributed by atoms with Gasteiger partial charge in [0, 0.05) is 12.6 Å². The first kappa shape index (κ1) is 12.0. The Kier molecular flexibility index (Phi) is 4.39. The van der Waals surface area contributed by atoms with Crippen molar-refractivity contribution in [3.05, 3.63) is 0 Å². The summed E-state index contributed by atoms with van der Waals surface area (Å²) in [6, 6.07) is 0.235. The minimum atomic E-state index is 0.235.